The van der Waals surface area contributed by atoms with Crippen LogP contribution in [0.3, 0.4) is 0 Å². The van der Waals surface area contributed by atoms with Crippen molar-refractivity contribution < 1.29 is 9.84 Å². The lowest BCUT2D eigenvalue weighted by Crippen LogP contribution is -2.55. The summed E-state index contributed by atoms with van der Waals surface area (Å²) in [4.78, 5) is 7.13. The topological polar surface area (TPSA) is 45.6 Å². The summed E-state index contributed by atoms with van der Waals surface area (Å²) in [7, 11) is 1.69. The molecule has 0 spiro atoms. The molecule has 0 radical (unpaired) electrons. The second kappa shape index (κ2) is 6.93. The molecule has 1 aromatic carbocycles. The van der Waals surface area contributed by atoms with Crippen LogP contribution >= 0.6 is 0 Å². The fourth-order valence-corrected chi connectivity index (χ4v) is 5.09. The van der Waals surface area contributed by atoms with Crippen molar-refractivity contribution in [1.29, 1.82) is 0 Å². The number of piperidine rings is 3. The molecule has 134 valence electrons. The smallest absolute Gasteiger partial charge is 0.119 e. The monoisotopic (exact) mass is 340 g/mol. The highest BCUT2D eigenvalue weighted by atomic mass is 16.5. The van der Waals surface area contributed by atoms with Crippen molar-refractivity contribution in [2.75, 3.05) is 26.8 Å². The van der Waals surface area contributed by atoms with Crippen LogP contribution in [0.25, 0.3) is 10.9 Å². The number of hydrogen-bond donors (Lipinski definition) is 1. The van der Waals surface area contributed by atoms with E-state index in [0.29, 0.717) is 6.04 Å². The van der Waals surface area contributed by atoms with Crippen molar-refractivity contribution in [2.24, 2.45) is 11.8 Å². The van der Waals surface area contributed by atoms with E-state index < -0.39 is 0 Å². The number of hydrogen-bond acceptors (Lipinski definition) is 4. The van der Waals surface area contributed by atoms with Crippen molar-refractivity contribution in [3.63, 3.8) is 0 Å². The Kier molecular flexibility index (Phi) is 4.65. The summed E-state index contributed by atoms with van der Waals surface area (Å²) in [5.41, 5.74) is 2.18. The molecule has 5 atom stereocenters. The molecule has 3 aliphatic heterocycles. The van der Waals surface area contributed by atoms with E-state index in [1.807, 2.05) is 18.3 Å². The third kappa shape index (κ3) is 2.91. The zero-order valence-corrected chi connectivity index (χ0v) is 15.2. The first-order valence-corrected chi connectivity index (χ1v) is 9.52. The van der Waals surface area contributed by atoms with Gasteiger partial charge in [-0.3, -0.25) is 9.88 Å². The van der Waals surface area contributed by atoms with Gasteiger partial charge in [0.15, 0.2) is 0 Å². The van der Waals surface area contributed by atoms with Gasteiger partial charge in [0.2, 0.25) is 0 Å². The quantitative estimate of drug-likeness (QED) is 0.906. The fraction of sp³-hybridized carbons (Fsp3) is 0.571. The third-order valence-corrected chi connectivity index (χ3v) is 6.50. The van der Waals surface area contributed by atoms with Crippen molar-refractivity contribution in [2.45, 2.75) is 38.1 Å². The predicted molar refractivity (Wildman–Crippen MR) is 100.0 cm³/mol. The Hall–Kier alpha value is -1.65. The van der Waals surface area contributed by atoms with Crippen molar-refractivity contribution in [1.82, 2.24) is 9.88 Å². The number of nitrogens with zero attached hydrogens (tertiary/aromatic N) is 2. The molecule has 25 heavy (non-hydrogen) atoms. The summed E-state index contributed by atoms with van der Waals surface area (Å²) in [6, 6.07) is 8.54. The Morgan fingerprint density at radius 2 is 2.24 bits per heavy atom. The Morgan fingerprint density at radius 3 is 2.92 bits per heavy atom. The third-order valence-electron chi connectivity index (χ3n) is 6.50. The molecule has 3 unspecified atom stereocenters. The molecule has 2 bridgehead atoms. The first-order valence-electron chi connectivity index (χ1n) is 9.52. The van der Waals surface area contributed by atoms with Gasteiger partial charge >= 0.3 is 0 Å². The van der Waals surface area contributed by atoms with Crippen LogP contribution in [0.4, 0.5) is 0 Å². The Morgan fingerprint density at radius 1 is 1.36 bits per heavy atom. The standard InChI is InChI=1S/C21H28N2O2/c1-3-14-12-23-9-7-15(14)10-21(23)19(13-24)17-6-8-22-20-5-4-16(25-2)11-18(17)20/h4-6,8,11,14-15,19,21,24H,3,7,9-10,12-13H2,1-2H3/t14?,15?,19-,21+/m1/s1. The van der Waals surface area contributed by atoms with Crippen LogP contribution in [-0.2, 0) is 0 Å². The molecule has 4 heteroatoms. The lowest BCUT2D eigenvalue weighted by Gasteiger charge is -2.52. The molecule has 1 N–H and O–H groups in total. The van der Waals surface area contributed by atoms with Gasteiger partial charge in [0, 0.05) is 30.1 Å². The minimum atomic E-state index is 0.137. The number of aliphatic hydroxyl groups excluding tert-OH is 1. The fourth-order valence-electron chi connectivity index (χ4n) is 5.09. The molecule has 4 nitrogen and oxygen atoms in total. The maximum Gasteiger partial charge on any atom is 0.119 e. The van der Waals surface area contributed by atoms with Gasteiger partial charge in [0.1, 0.15) is 5.75 Å². The van der Waals surface area contributed by atoms with Gasteiger partial charge in [-0.25, -0.2) is 0 Å². The van der Waals surface area contributed by atoms with Crippen LogP contribution in [0, 0.1) is 11.8 Å². The molecule has 4 heterocycles. The van der Waals surface area contributed by atoms with Crippen LogP contribution in [0.15, 0.2) is 30.5 Å². The van der Waals surface area contributed by atoms with Crippen molar-refractivity contribution in [3.8, 4) is 5.75 Å². The van der Waals surface area contributed by atoms with Gasteiger partial charge in [-0.2, -0.15) is 0 Å². The summed E-state index contributed by atoms with van der Waals surface area (Å²) in [6.45, 7) is 4.86. The van der Waals surface area contributed by atoms with Crippen LogP contribution in [0.2, 0.25) is 0 Å². The largest absolute Gasteiger partial charge is 0.497 e. The van der Waals surface area contributed by atoms with Crippen molar-refractivity contribution >= 4 is 10.9 Å². The average molecular weight is 340 g/mol. The summed E-state index contributed by atoms with van der Waals surface area (Å²) in [5.74, 6) is 2.63. The highest BCUT2D eigenvalue weighted by molar-refractivity contribution is 5.84. The van der Waals surface area contributed by atoms with E-state index in [1.165, 1.54) is 37.9 Å². The highest BCUT2D eigenvalue weighted by Gasteiger charge is 2.42. The summed E-state index contributed by atoms with van der Waals surface area (Å²) < 4.78 is 5.41. The molecular weight excluding hydrogens is 312 g/mol. The average Bonchev–Trinajstić information content (AvgIpc) is 2.68. The van der Waals surface area contributed by atoms with Gasteiger partial charge in [-0.1, -0.05) is 13.3 Å². The molecule has 2 aromatic rings. The number of methoxy groups -OCH3 is 1. The van der Waals surface area contributed by atoms with E-state index >= 15 is 0 Å². The molecule has 0 amide bonds. The van der Waals surface area contributed by atoms with Crippen molar-refractivity contribution in [3.05, 3.63) is 36.0 Å². The summed E-state index contributed by atoms with van der Waals surface area (Å²) >= 11 is 0. The zero-order chi connectivity index (χ0) is 17.4. The molecule has 0 aliphatic carbocycles. The Balaban J connectivity index is 1.71. The van der Waals surface area contributed by atoms with Crippen LogP contribution in [-0.4, -0.2) is 47.8 Å². The van der Waals surface area contributed by atoms with E-state index in [2.05, 4.69) is 28.9 Å². The van der Waals surface area contributed by atoms with Gasteiger partial charge in [-0.15, -0.1) is 0 Å². The van der Waals surface area contributed by atoms with E-state index in [1.54, 1.807) is 7.11 Å². The first-order chi connectivity index (χ1) is 12.2. The van der Waals surface area contributed by atoms with E-state index in [4.69, 9.17) is 4.74 Å². The zero-order valence-electron chi connectivity index (χ0n) is 15.2. The second-order valence-corrected chi connectivity index (χ2v) is 7.59. The number of aliphatic hydroxyl groups is 1. The number of pyridine rings is 1. The van der Waals surface area contributed by atoms with E-state index in [9.17, 15) is 5.11 Å². The Bertz CT molecular complexity index is 748. The molecule has 0 saturated carbocycles. The normalized spacial score (nSPS) is 29.7. The Labute approximate surface area is 149 Å². The minimum Gasteiger partial charge on any atom is -0.497 e. The molecule has 3 aliphatic rings. The molecule has 1 aromatic heterocycles. The molecule has 3 saturated heterocycles. The number of fused-ring (bicyclic) bond motifs is 4. The number of rotatable bonds is 5. The second-order valence-electron chi connectivity index (χ2n) is 7.59. The number of benzene rings is 1. The van der Waals surface area contributed by atoms with E-state index in [-0.39, 0.29) is 12.5 Å². The van der Waals surface area contributed by atoms with Crippen LogP contribution in [0.1, 0.15) is 37.7 Å². The maximum atomic E-state index is 10.3. The molecule has 5 rings (SSSR count). The maximum absolute atomic E-state index is 10.3. The summed E-state index contributed by atoms with van der Waals surface area (Å²) in [5, 5.41) is 11.4. The van der Waals surface area contributed by atoms with E-state index in [0.717, 1.165) is 28.5 Å². The summed E-state index contributed by atoms with van der Waals surface area (Å²) in [6.07, 6.45) is 5.67. The highest BCUT2D eigenvalue weighted by Crippen LogP contribution is 2.43. The van der Waals surface area contributed by atoms with Gasteiger partial charge < -0.3 is 9.84 Å². The SMILES string of the molecule is CCC1CN2CCC1C[C@H]2[C@H](CO)c1ccnc2ccc(OC)cc12. The van der Waals surface area contributed by atoms with Crippen LogP contribution < -0.4 is 4.74 Å². The van der Waals surface area contributed by atoms with Gasteiger partial charge in [-0.05, 0) is 61.1 Å². The van der Waals surface area contributed by atoms with Gasteiger partial charge in [0.25, 0.3) is 0 Å². The number of aromatic nitrogens is 1. The van der Waals surface area contributed by atoms with Gasteiger partial charge in [0.05, 0.1) is 19.2 Å². The lowest BCUT2D eigenvalue weighted by atomic mass is 9.70. The lowest BCUT2D eigenvalue weighted by molar-refractivity contribution is -0.0187. The molecule has 3 fully saturated rings. The first kappa shape index (κ1) is 16.8. The van der Waals surface area contributed by atoms with Crippen LogP contribution in [0.5, 0.6) is 5.75 Å². The molecular formula is C21H28N2O2. The predicted octanol–water partition coefficient (Wildman–Crippen LogP) is 3.44. The minimum absolute atomic E-state index is 0.137. The number of ether oxygens (including phenoxy) is 1.